The lowest BCUT2D eigenvalue weighted by Crippen LogP contribution is -2.47. The van der Waals surface area contributed by atoms with E-state index < -0.39 is 0 Å². The van der Waals surface area contributed by atoms with Crippen molar-refractivity contribution in [3.63, 3.8) is 0 Å². The second-order valence-corrected chi connectivity index (χ2v) is 5.22. The van der Waals surface area contributed by atoms with E-state index in [2.05, 4.69) is 33.1 Å². The second-order valence-electron chi connectivity index (χ2n) is 5.22. The fourth-order valence-electron chi connectivity index (χ4n) is 2.57. The number of benzene rings is 1. The Bertz CT molecular complexity index is 596. The standard InChI is InChI=1S/C15H19N5O/c21-15(16-6-3-8-20-9-7-18-19-20)14-10-12-4-1-2-5-13(12)11-17-14/h1-2,4-5,7,9,14,17H,3,6,8,10-11H2,(H,16,21)/t14-/m0/s1. The first-order chi connectivity index (χ1) is 10.3. The van der Waals surface area contributed by atoms with E-state index in [1.54, 1.807) is 10.9 Å². The molecule has 0 fully saturated rings. The molecule has 0 unspecified atom stereocenters. The minimum absolute atomic E-state index is 0.0723. The van der Waals surface area contributed by atoms with E-state index in [-0.39, 0.29) is 11.9 Å². The summed E-state index contributed by atoms with van der Waals surface area (Å²) in [4.78, 5) is 12.2. The third-order valence-corrected chi connectivity index (χ3v) is 3.73. The number of hydrogen-bond donors (Lipinski definition) is 2. The fraction of sp³-hybridized carbons (Fsp3) is 0.400. The van der Waals surface area contributed by atoms with Gasteiger partial charge in [0, 0.05) is 25.8 Å². The van der Waals surface area contributed by atoms with Gasteiger partial charge in [0.2, 0.25) is 5.91 Å². The van der Waals surface area contributed by atoms with E-state index in [0.717, 1.165) is 25.9 Å². The first-order valence-electron chi connectivity index (χ1n) is 7.25. The molecule has 0 saturated carbocycles. The molecular formula is C15H19N5O. The molecule has 0 saturated heterocycles. The van der Waals surface area contributed by atoms with Crippen molar-refractivity contribution in [2.75, 3.05) is 6.54 Å². The largest absolute Gasteiger partial charge is 0.355 e. The van der Waals surface area contributed by atoms with Gasteiger partial charge in [-0.15, -0.1) is 5.10 Å². The van der Waals surface area contributed by atoms with E-state index in [4.69, 9.17) is 0 Å². The summed E-state index contributed by atoms with van der Waals surface area (Å²) in [6.07, 6.45) is 5.08. The third-order valence-electron chi connectivity index (χ3n) is 3.73. The molecule has 2 aromatic rings. The Morgan fingerprint density at radius 2 is 2.24 bits per heavy atom. The smallest absolute Gasteiger partial charge is 0.237 e. The lowest BCUT2D eigenvalue weighted by Gasteiger charge is -2.25. The van der Waals surface area contributed by atoms with Crippen LogP contribution >= 0.6 is 0 Å². The van der Waals surface area contributed by atoms with E-state index in [1.807, 2.05) is 18.3 Å². The monoisotopic (exact) mass is 285 g/mol. The van der Waals surface area contributed by atoms with Gasteiger partial charge in [-0.2, -0.15) is 0 Å². The summed E-state index contributed by atoms with van der Waals surface area (Å²) in [6, 6.07) is 8.13. The summed E-state index contributed by atoms with van der Waals surface area (Å²) in [5.41, 5.74) is 2.55. The highest BCUT2D eigenvalue weighted by Gasteiger charge is 2.23. The molecule has 6 heteroatoms. The van der Waals surface area contributed by atoms with Crippen LogP contribution in [-0.4, -0.2) is 33.5 Å². The molecule has 0 radical (unpaired) electrons. The van der Waals surface area contributed by atoms with Gasteiger partial charge in [0.1, 0.15) is 0 Å². The third kappa shape index (κ3) is 3.46. The van der Waals surface area contributed by atoms with Gasteiger partial charge in [0.25, 0.3) is 0 Å². The van der Waals surface area contributed by atoms with Gasteiger partial charge in [-0.3, -0.25) is 9.48 Å². The summed E-state index contributed by atoms with van der Waals surface area (Å²) in [5, 5.41) is 13.9. The molecule has 1 aliphatic rings. The SMILES string of the molecule is O=C(NCCCn1ccnn1)[C@@H]1Cc2ccccc2CN1. The lowest BCUT2D eigenvalue weighted by atomic mass is 9.95. The molecule has 1 atom stereocenters. The Morgan fingerprint density at radius 1 is 1.38 bits per heavy atom. The number of nitrogens with zero attached hydrogens (tertiary/aromatic N) is 3. The predicted octanol–water partition coefficient (Wildman–Crippen LogP) is 0.499. The quantitative estimate of drug-likeness (QED) is 0.785. The number of nitrogens with one attached hydrogen (secondary N) is 2. The van der Waals surface area contributed by atoms with Crippen molar-refractivity contribution < 1.29 is 4.79 Å². The van der Waals surface area contributed by atoms with E-state index >= 15 is 0 Å². The van der Waals surface area contributed by atoms with Gasteiger partial charge in [-0.05, 0) is 24.0 Å². The van der Waals surface area contributed by atoms with Gasteiger partial charge >= 0.3 is 0 Å². The average Bonchev–Trinajstić information content (AvgIpc) is 3.04. The van der Waals surface area contributed by atoms with Crippen molar-refractivity contribution in [2.24, 2.45) is 0 Å². The number of aromatic nitrogens is 3. The maximum absolute atomic E-state index is 12.2. The zero-order valence-electron chi connectivity index (χ0n) is 11.8. The molecule has 1 aromatic carbocycles. The van der Waals surface area contributed by atoms with Crippen LogP contribution in [0.15, 0.2) is 36.7 Å². The predicted molar refractivity (Wildman–Crippen MR) is 78.4 cm³/mol. The van der Waals surface area contributed by atoms with Crippen molar-refractivity contribution in [1.29, 1.82) is 0 Å². The topological polar surface area (TPSA) is 71.8 Å². The number of hydrogen-bond acceptors (Lipinski definition) is 4. The number of carbonyl (C=O) groups is 1. The highest BCUT2D eigenvalue weighted by atomic mass is 16.2. The Kier molecular flexibility index (Phi) is 4.25. The van der Waals surface area contributed by atoms with Gasteiger partial charge in [0.15, 0.2) is 0 Å². The normalized spacial score (nSPS) is 17.2. The molecule has 21 heavy (non-hydrogen) atoms. The molecule has 0 spiro atoms. The van der Waals surface area contributed by atoms with Gasteiger partial charge < -0.3 is 10.6 Å². The van der Waals surface area contributed by atoms with Crippen molar-refractivity contribution in [1.82, 2.24) is 25.6 Å². The lowest BCUT2D eigenvalue weighted by molar-refractivity contribution is -0.123. The molecule has 2 N–H and O–H groups in total. The highest BCUT2D eigenvalue weighted by molar-refractivity contribution is 5.82. The van der Waals surface area contributed by atoms with Gasteiger partial charge in [-0.25, -0.2) is 0 Å². The van der Waals surface area contributed by atoms with Crippen LogP contribution < -0.4 is 10.6 Å². The molecule has 1 aliphatic heterocycles. The molecule has 2 heterocycles. The van der Waals surface area contributed by atoms with E-state index in [9.17, 15) is 4.79 Å². The first-order valence-corrected chi connectivity index (χ1v) is 7.25. The van der Waals surface area contributed by atoms with Crippen molar-refractivity contribution >= 4 is 5.91 Å². The Balaban J connectivity index is 1.44. The number of aryl methyl sites for hydroxylation is 1. The Hall–Kier alpha value is -2.21. The molecular weight excluding hydrogens is 266 g/mol. The number of amides is 1. The molecule has 1 amide bonds. The van der Waals surface area contributed by atoms with Crippen LogP contribution in [0.1, 0.15) is 17.5 Å². The Labute approximate surface area is 123 Å². The number of carbonyl (C=O) groups excluding carboxylic acids is 1. The van der Waals surface area contributed by atoms with Crippen LogP contribution in [0.25, 0.3) is 0 Å². The van der Waals surface area contributed by atoms with Crippen LogP contribution in [0.3, 0.4) is 0 Å². The molecule has 110 valence electrons. The summed E-state index contributed by atoms with van der Waals surface area (Å²) < 4.78 is 1.77. The second kappa shape index (κ2) is 6.49. The Morgan fingerprint density at radius 3 is 3.05 bits per heavy atom. The van der Waals surface area contributed by atoms with Crippen LogP contribution in [0.5, 0.6) is 0 Å². The zero-order chi connectivity index (χ0) is 14.5. The van der Waals surface area contributed by atoms with Gasteiger partial charge in [-0.1, -0.05) is 29.5 Å². The summed E-state index contributed by atoms with van der Waals surface area (Å²) >= 11 is 0. The molecule has 0 aliphatic carbocycles. The van der Waals surface area contributed by atoms with Crippen LogP contribution in [-0.2, 0) is 24.3 Å². The number of fused-ring (bicyclic) bond motifs is 1. The molecule has 0 bridgehead atoms. The molecule has 1 aromatic heterocycles. The fourth-order valence-corrected chi connectivity index (χ4v) is 2.57. The van der Waals surface area contributed by atoms with Crippen molar-refractivity contribution in [3.8, 4) is 0 Å². The van der Waals surface area contributed by atoms with Crippen molar-refractivity contribution in [2.45, 2.75) is 32.0 Å². The van der Waals surface area contributed by atoms with Crippen LogP contribution in [0.2, 0.25) is 0 Å². The van der Waals surface area contributed by atoms with Gasteiger partial charge in [0.05, 0.1) is 12.2 Å². The minimum atomic E-state index is -0.133. The maximum atomic E-state index is 12.2. The molecule has 6 nitrogen and oxygen atoms in total. The van der Waals surface area contributed by atoms with Crippen molar-refractivity contribution in [3.05, 3.63) is 47.8 Å². The maximum Gasteiger partial charge on any atom is 0.237 e. The summed E-state index contributed by atoms with van der Waals surface area (Å²) in [7, 11) is 0. The average molecular weight is 285 g/mol. The van der Waals surface area contributed by atoms with Crippen LogP contribution in [0.4, 0.5) is 0 Å². The summed E-state index contributed by atoms with van der Waals surface area (Å²) in [6.45, 7) is 2.17. The van der Waals surface area contributed by atoms with Crippen LogP contribution in [0, 0.1) is 0 Å². The minimum Gasteiger partial charge on any atom is -0.355 e. The first kappa shape index (κ1) is 13.8. The summed E-state index contributed by atoms with van der Waals surface area (Å²) in [5.74, 6) is 0.0723. The molecule has 3 rings (SSSR count). The highest BCUT2D eigenvalue weighted by Crippen LogP contribution is 2.16. The van der Waals surface area contributed by atoms with E-state index in [0.29, 0.717) is 6.54 Å². The zero-order valence-corrected chi connectivity index (χ0v) is 11.8. The number of rotatable bonds is 5. The van der Waals surface area contributed by atoms with E-state index in [1.165, 1.54) is 11.1 Å².